The van der Waals surface area contributed by atoms with Gasteiger partial charge in [-0.2, -0.15) is 8.78 Å². The highest BCUT2D eigenvalue weighted by Crippen LogP contribution is 2.21. The van der Waals surface area contributed by atoms with Gasteiger partial charge in [0.1, 0.15) is 0 Å². The van der Waals surface area contributed by atoms with E-state index in [1.807, 2.05) is 0 Å². The summed E-state index contributed by atoms with van der Waals surface area (Å²) in [4.78, 5) is 0. The van der Waals surface area contributed by atoms with Crippen molar-refractivity contribution in [3.63, 3.8) is 0 Å². The average molecular weight is 191 g/mol. The lowest BCUT2D eigenvalue weighted by Gasteiger charge is -2.03. The van der Waals surface area contributed by atoms with Crippen molar-refractivity contribution in [3.8, 4) is 0 Å². The lowest BCUT2D eigenvalue weighted by atomic mass is 10.7. The Balaban J connectivity index is 3.64. The Bertz CT molecular complexity index is 114. The molecule has 54 valence electrons. The molecule has 0 aromatic heterocycles. The third-order valence-corrected chi connectivity index (χ3v) is 2.46. The van der Waals surface area contributed by atoms with E-state index in [4.69, 9.17) is 22.2 Å². The summed E-state index contributed by atoms with van der Waals surface area (Å²) in [5.74, 6) is 0. The fraction of sp³-hybridized carbons (Fsp3) is 0.500. The van der Waals surface area contributed by atoms with Gasteiger partial charge in [-0.3, -0.25) is 0 Å². The number of rotatable bonds is 2. The smallest absolute Gasteiger partial charge is 0.174 e. The molecular formula is C4H6Cl2F2Si. The summed E-state index contributed by atoms with van der Waals surface area (Å²) in [6.45, 7) is -0.739. The van der Waals surface area contributed by atoms with Crippen LogP contribution in [0.25, 0.3) is 0 Å². The van der Waals surface area contributed by atoms with Gasteiger partial charge in [0.25, 0.3) is 12.8 Å². The van der Waals surface area contributed by atoms with Crippen LogP contribution < -0.4 is 0 Å². The molecule has 0 amide bonds. The quantitative estimate of drug-likeness (QED) is 0.464. The maximum absolute atomic E-state index is 11.3. The van der Waals surface area contributed by atoms with Crippen LogP contribution in [0.3, 0.4) is 0 Å². The topological polar surface area (TPSA) is 0 Å². The van der Waals surface area contributed by atoms with Gasteiger partial charge in [0.05, 0.1) is 0 Å². The zero-order chi connectivity index (χ0) is 7.49. The van der Waals surface area contributed by atoms with E-state index in [9.17, 15) is 8.78 Å². The first-order valence-corrected chi connectivity index (χ1v) is 7.04. The van der Waals surface area contributed by atoms with Gasteiger partial charge in [-0.25, -0.2) is 0 Å². The van der Waals surface area contributed by atoms with E-state index in [0.29, 0.717) is 0 Å². The lowest BCUT2D eigenvalue weighted by molar-refractivity contribution is 0.420. The fourth-order valence-electron chi connectivity index (χ4n) is 0.256. The molecule has 0 aliphatic heterocycles. The van der Waals surface area contributed by atoms with E-state index in [0.717, 1.165) is 6.08 Å². The van der Waals surface area contributed by atoms with Crippen LogP contribution in [-0.2, 0) is 0 Å². The van der Waals surface area contributed by atoms with Crippen molar-refractivity contribution in [2.24, 2.45) is 0 Å². The Kier molecular flexibility index (Phi) is 3.69. The van der Waals surface area contributed by atoms with Crippen molar-refractivity contribution in [2.45, 2.75) is 12.6 Å². The van der Waals surface area contributed by atoms with Crippen LogP contribution in [0.2, 0.25) is 12.6 Å². The van der Waals surface area contributed by atoms with Gasteiger partial charge in [-0.1, -0.05) is 0 Å². The third-order valence-electron chi connectivity index (χ3n) is 0.615. The van der Waals surface area contributed by atoms with Gasteiger partial charge in [-0.15, -0.1) is 22.2 Å². The molecule has 0 nitrogen and oxygen atoms in total. The summed E-state index contributed by atoms with van der Waals surface area (Å²) in [5.41, 5.74) is 0. The second kappa shape index (κ2) is 3.54. The number of allylic oxidation sites excluding steroid dienone is 1. The molecule has 0 aliphatic rings. The summed E-state index contributed by atoms with van der Waals surface area (Å²) in [6.07, 6.45) is -0.957. The normalized spacial score (nSPS) is 11.2. The molecule has 0 unspecified atom stereocenters. The Morgan fingerprint density at radius 1 is 1.56 bits per heavy atom. The predicted molar refractivity (Wildman–Crippen MR) is 38.4 cm³/mol. The van der Waals surface area contributed by atoms with Crippen LogP contribution in [0.4, 0.5) is 8.78 Å². The molecule has 0 saturated heterocycles. The molecule has 0 aliphatic carbocycles. The van der Waals surface area contributed by atoms with Gasteiger partial charge in [0, 0.05) is 0 Å². The van der Waals surface area contributed by atoms with E-state index in [1.54, 1.807) is 6.55 Å². The molecule has 0 rings (SSSR count). The van der Waals surface area contributed by atoms with Crippen molar-refractivity contribution in [1.82, 2.24) is 0 Å². The zero-order valence-corrected chi connectivity index (χ0v) is 7.31. The minimum Gasteiger partial charge on any atom is -0.174 e. The fourth-order valence-corrected chi connectivity index (χ4v) is 1.23. The number of hydrogen-bond donors (Lipinski definition) is 0. The van der Waals surface area contributed by atoms with Gasteiger partial charge in [-0.05, 0) is 18.7 Å². The van der Waals surface area contributed by atoms with E-state index in [1.165, 1.54) is 0 Å². The second-order valence-electron chi connectivity index (χ2n) is 1.77. The van der Waals surface area contributed by atoms with E-state index < -0.39 is 12.8 Å². The monoisotopic (exact) mass is 190 g/mol. The molecule has 0 radical (unpaired) electrons. The standard InChI is InChI=1S/C4H6Cl2F2Si/c1-9(5,6)3-2-4(7)8/h2H,3H2,1H3. The van der Waals surface area contributed by atoms with Crippen LogP contribution in [-0.4, -0.2) is 6.69 Å². The van der Waals surface area contributed by atoms with Crippen molar-refractivity contribution in [2.75, 3.05) is 0 Å². The maximum Gasteiger partial charge on any atom is 0.266 e. The molecule has 0 aromatic rings. The molecule has 0 aromatic carbocycles. The number of hydrogen-bond acceptors (Lipinski definition) is 0. The van der Waals surface area contributed by atoms with Crippen LogP contribution >= 0.6 is 22.2 Å². The average Bonchev–Trinajstić information content (AvgIpc) is 1.59. The van der Waals surface area contributed by atoms with Gasteiger partial charge in [0.15, 0.2) is 0 Å². The van der Waals surface area contributed by atoms with Crippen molar-refractivity contribution >= 4 is 28.9 Å². The molecule has 9 heavy (non-hydrogen) atoms. The molecule has 0 fully saturated rings. The van der Waals surface area contributed by atoms with Gasteiger partial charge >= 0.3 is 0 Å². The van der Waals surface area contributed by atoms with Gasteiger partial charge in [0.2, 0.25) is 0 Å². The van der Waals surface area contributed by atoms with E-state index in [2.05, 4.69) is 0 Å². The molecule has 0 bridgehead atoms. The Hall–Kier alpha value is 0.397. The highest BCUT2D eigenvalue weighted by atomic mass is 35.7. The summed E-state index contributed by atoms with van der Waals surface area (Å²) < 4.78 is 22.7. The molecule has 0 N–H and O–H groups in total. The first-order valence-electron chi connectivity index (χ1n) is 2.31. The maximum atomic E-state index is 11.3. The van der Waals surface area contributed by atoms with Crippen LogP contribution in [0.15, 0.2) is 12.2 Å². The second-order valence-corrected chi connectivity index (χ2v) is 9.90. The summed E-state index contributed by atoms with van der Waals surface area (Å²) >= 11 is 11.0. The Labute approximate surface area is 62.9 Å². The highest BCUT2D eigenvalue weighted by Gasteiger charge is 2.18. The van der Waals surface area contributed by atoms with E-state index >= 15 is 0 Å². The first kappa shape index (κ1) is 9.40. The summed E-state index contributed by atoms with van der Waals surface area (Å²) in [5, 5.41) is 0. The van der Waals surface area contributed by atoms with Crippen LogP contribution in [0.1, 0.15) is 0 Å². The van der Waals surface area contributed by atoms with Crippen molar-refractivity contribution < 1.29 is 8.78 Å². The predicted octanol–water partition coefficient (Wildman–Crippen LogP) is 3.32. The molecule has 0 heterocycles. The molecule has 5 heteroatoms. The number of halogens is 4. The highest BCUT2D eigenvalue weighted by molar-refractivity contribution is 7.45. The summed E-state index contributed by atoms with van der Waals surface area (Å²) in [6, 6.07) is 0.110. The minimum absolute atomic E-state index is 0.110. The first-order chi connectivity index (χ1) is 3.92. The van der Waals surface area contributed by atoms with Crippen LogP contribution in [0, 0.1) is 0 Å². The molecule has 0 saturated carbocycles. The SMILES string of the molecule is C[Si](Cl)(Cl)CC=C(F)F. The van der Waals surface area contributed by atoms with Crippen molar-refractivity contribution in [1.29, 1.82) is 0 Å². The van der Waals surface area contributed by atoms with Crippen LogP contribution in [0.5, 0.6) is 0 Å². The molecule has 0 atom stereocenters. The van der Waals surface area contributed by atoms with Crippen molar-refractivity contribution in [3.05, 3.63) is 12.2 Å². The lowest BCUT2D eigenvalue weighted by Crippen LogP contribution is -2.09. The minimum atomic E-state index is -2.33. The molecular weight excluding hydrogens is 185 g/mol. The largest absolute Gasteiger partial charge is 0.266 e. The summed E-state index contributed by atoms with van der Waals surface area (Å²) in [7, 11) is 0. The van der Waals surface area contributed by atoms with E-state index in [-0.39, 0.29) is 6.04 Å². The Morgan fingerprint density at radius 2 is 2.00 bits per heavy atom. The Morgan fingerprint density at radius 3 is 2.11 bits per heavy atom. The molecule has 0 spiro atoms. The zero-order valence-electron chi connectivity index (χ0n) is 4.80. The van der Waals surface area contributed by atoms with Gasteiger partial charge < -0.3 is 0 Å². The third kappa shape index (κ3) is 8.40.